The number of benzene rings is 2. The maximum Gasteiger partial charge on any atom is 0.237 e. The topological polar surface area (TPSA) is 67.4 Å². The molecular formula is C18H18N2O3. The Balaban J connectivity index is 1.66. The highest BCUT2D eigenvalue weighted by Crippen LogP contribution is 2.29. The van der Waals surface area contributed by atoms with Crippen molar-refractivity contribution in [2.24, 2.45) is 5.92 Å². The molecule has 0 aromatic heterocycles. The fourth-order valence-electron chi connectivity index (χ4n) is 2.71. The highest BCUT2D eigenvalue weighted by molar-refractivity contribution is 6.07. The van der Waals surface area contributed by atoms with Crippen LogP contribution in [0.25, 0.3) is 0 Å². The molecule has 1 saturated heterocycles. The Morgan fingerprint density at radius 3 is 2.48 bits per heavy atom. The predicted octanol–water partition coefficient (Wildman–Crippen LogP) is 2.51. The van der Waals surface area contributed by atoms with Crippen LogP contribution in [0, 0.1) is 5.92 Å². The molecule has 3 rings (SSSR count). The third-order valence-electron chi connectivity index (χ3n) is 3.98. The number of ether oxygens (including phenoxy) is 1. The minimum Gasteiger partial charge on any atom is -0.497 e. The third kappa shape index (κ3) is 3.34. The minimum absolute atomic E-state index is 0.115. The fraction of sp³-hybridized carbons (Fsp3) is 0.222. The molecule has 2 aromatic carbocycles. The molecule has 5 heteroatoms. The first-order chi connectivity index (χ1) is 11.2. The molecule has 2 N–H and O–H groups in total. The molecule has 0 bridgehead atoms. The van der Waals surface area contributed by atoms with Gasteiger partial charge in [-0.05, 0) is 36.2 Å². The van der Waals surface area contributed by atoms with Gasteiger partial charge in [-0.1, -0.05) is 30.3 Å². The van der Waals surface area contributed by atoms with Gasteiger partial charge in [-0.3, -0.25) is 9.59 Å². The van der Waals surface area contributed by atoms with Crippen molar-refractivity contribution in [1.82, 2.24) is 5.32 Å². The lowest BCUT2D eigenvalue weighted by atomic mass is 9.99. The highest BCUT2D eigenvalue weighted by atomic mass is 16.5. The minimum atomic E-state index is -0.678. The predicted molar refractivity (Wildman–Crippen MR) is 87.1 cm³/mol. The van der Waals surface area contributed by atoms with E-state index in [9.17, 15) is 9.59 Å². The average Bonchev–Trinajstić information content (AvgIpc) is 2.98. The zero-order chi connectivity index (χ0) is 16.2. The van der Waals surface area contributed by atoms with E-state index in [2.05, 4.69) is 10.6 Å². The summed E-state index contributed by atoms with van der Waals surface area (Å²) in [6.45, 7) is 0. The van der Waals surface area contributed by atoms with E-state index >= 15 is 0 Å². The van der Waals surface area contributed by atoms with Crippen molar-refractivity contribution in [2.75, 3.05) is 12.4 Å². The van der Waals surface area contributed by atoms with Crippen LogP contribution in [-0.2, 0) is 9.59 Å². The van der Waals surface area contributed by atoms with Crippen LogP contribution < -0.4 is 15.4 Å². The number of carbonyl (C=O) groups excluding carboxylic acids is 2. The second-order valence-corrected chi connectivity index (χ2v) is 5.48. The zero-order valence-corrected chi connectivity index (χ0v) is 12.8. The quantitative estimate of drug-likeness (QED) is 0.853. The van der Waals surface area contributed by atoms with Crippen LogP contribution in [0.15, 0.2) is 54.6 Å². The summed E-state index contributed by atoms with van der Waals surface area (Å²) in [7, 11) is 1.58. The second-order valence-electron chi connectivity index (χ2n) is 5.48. The SMILES string of the molecule is COc1ccc(NC(=O)C2CC(c3ccccc3)NC2=O)cc1. The Kier molecular flexibility index (Phi) is 4.28. The van der Waals surface area contributed by atoms with Crippen molar-refractivity contribution in [2.45, 2.75) is 12.5 Å². The first kappa shape index (κ1) is 15.1. The molecule has 0 spiro atoms. The van der Waals surface area contributed by atoms with Crippen LogP contribution in [0.5, 0.6) is 5.75 Å². The Hall–Kier alpha value is -2.82. The maximum atomic E-state index is 12.4. The van der Waals surface area contributed by atoms with Gasteiger partial charge in [0.2, 0.25) is 11.8 Å². The number of nitrogens with one attached hydrogen (secondary N) is 2. The van der Waals surface area contributed by atoms with E-state index < -0.39 is 5.92 Å². The number of hydrogen-bond donors (Lipinski definition) is 2. The van der Waals surface area contributed by atoms with Crippen LogP contribution in [0.4, 0.5) is 5.69 Å². The molecule has 0 radical (unpaired) electrons. The number of rotatable bonds is 4. The van der Waals surface area contributed by atoms with Gasteiger partial charge in [-0.2, -0.15) is 0 Å². The van der Waals surface area contributed by atoms with E-state index in [4.69, 9.17) is 4.74 Å². The van der Waals surface area contributed by atoms with Crippen LogP contribution in [0.3, 0.4) is 0 Å². The molecule has 0 saturated carbocycles. The van der Waals surface area contributed by atoms with E-state index in [-0.39, 0.29) is 17.9 Å². The first-order valence-corrected chi connectivity index (χ1v) is 7.47. The second kappa shape index (κ2) is 6.52. The summed E-state index contributed by atoms with van der Waals surface area (Å²) in [5.74, 6) is -0.482. The normalized spacial score (nSPS) is 20.0. The Bertz CT molecular complexity index is 698. The summed E-state index contributed by atoms with van der Waals surface area (Å²) in [4.78, 5) is 24.5. The summed E-state index contributed by atoms with van der Waals surface area (Å²) in [6.07, 6.45) is 0.463. The number of amides is 2. The van der Waals surface area contributed by atoms with Crippen molar-refractivity contribution in [3.63, 3.8) is 0 Å². The molecule has 0 aliphatic carbocycles. The molecule has 118 valence electrons. The van der Waals surface area contributed by atoms with Gasteiger partial charge in [0.05, 0.1) is 13.2 Å². The van der Waals surface area contributed by atoms with Gasteiger partial charge in [0.1, 0.15) is 11.7 Å². The number of carbonyl (C=O) groups is 2. The van der Waals surface area contributed by atoms with E-state index in [0.717, 1.165) is 5.56 Å². The fourth-order valence-corrected chi connectivity index (χ4v) is 2.71. The van der Waals surface area contributed by atoms with Crippen molar-refractivity contribution in [1.29, 1.82) is 0 Å². The smallest absolute Gasteiger partial charge is 0.237 e. The van der Waals surface area contributed by atoms with Crippen LogP contribution in [-0.4, -0.2) is 18.9 Å². The third-order valence-corrected chi connectivity index (χ3v) is 3.98. The summed E-state index contributed by atoms with van der Waals surface area (Å²) < 4.78 is 5.08. The van der Waals surface area contributed by atoms with Gasteiger partial charge < -0.3 is 15.4 Å². The van der Waals surface area contributed by atoms with Crippen molar-refractivity contribution in [3.05, 3.63) is 60.2 Å². The lowest BCUT2D eigenvalue weighted by Crippen LogP contribution is -2.30. The number of hydrogen-bond acceptors (Lipinski definition) is 3. The van der Waals surface area contributed by atoms with Crippen molar-refractivity contribution < 1.29 is 14.3 Å². The van der Waals surface area contributed by atoms with Crippen molar-refractivity contribution >= 4 is 17.5 Å². The molecule has 2 atom stereocenters. The Morgan fingerprint density at radius 2 is 1.83 bits per heavy atom. The monoisotopic (exact) mass is 310 g/mol. The number of anilines is 1. The molecule has 5 nitrogen and oxygen atoms in total. The van der Waals surface area contributed by atoms with E-state index in [1.54, 1.807) is 31.4 Å². The Morgan fingerprint density at radius 1 is 1.13 bits per heavy atom. The molecule has 2 amide bonds. The average molecular weight is 310 g/mol. The summed E-state index contributed by atoms with van der Waals surface area (Å²) in [5, 5.41) is 5.67. The van der Waals surface area contributed by atoms with Gasteiger partial charge in [0.15, 0.2) is 0 Å². The lowest BCUT2D eigenvalue weighted by molar-refractivity contribution is -0.130. The maximum absolute atomic E-state index is 12.4. The van der Waals surface area contributed by atoms with Gasteiger partial charge in [-0.25, -0.2) is 0 Å². The van der Waals surface area contributed by atoms with Crippen LogP contribution in [0.2, 0.25) is 0 Å². The summed E-state index contributed by atoms with van der Waals surface area (Å²) in [5.41, 5.74) is 1.66. The molecule has 1 heterocycles. The molecule has 1 fully saturated rings. The summed E-state index contributed by atoms with van der Waals surface area (Å²) >= 11 is 0. The van der Waals surface area contributed by atoms with Gasteiger partial charge in [0.25, 0.3) is 0 Å². The van der Waals surface area contributed by atoms with E-state index in [0.29, 0.717) is 17.9 Å². The van der Waals surface area contributed by atoms with Crippen LogP contribution in [0.1, 0.15) is 18.0 Å². The number of methoxy groups -OCH3 is 1. The standard InChI is InChI=1S/C18H18N2O3/c1-23-14-9-7-13(8-10-14)19-17(21)15-11-16(20-18(15)22)12-5-3-2-4-6-12/h2-10,15-16H,11H2,1H3,(H,19,21)(H,20,22). The largest absolute Gasteiger partial charge is 0.497 e. The molecule has 2 unspecified atom stereocenters. The zero-order valence-electron chi connectivity index (χ0n) is 12.8. The highest BCUT2D eigenvalue weighted by Gasteiger charge is 2.37. The molecule has 1 aliphatic rings. The first-order valence-electron chi connectivity index (χ1n) is 7.47. The lowest BCUT2D eigenvalue weighted by Gasteiger charge is -2.10. The Labute approximate surface area is 134 Å². The molecule has 2 aromatic rings. The van der Waals surface area contributed by atoms with E-state index in [1.807, 2.05) is 30.3 Å². The summed E-state index contributed by atoms with van der Waals surface area (Å²) in [6, 6.07) is 16.6. The van der Waals surface area contributed by atoms with E-state index in [1.165, 1.54) is 0 Å². The molecule has 1 aliphatic heterocycles. The molecular weight excluding hydrogens is 292 g/mol. The van der Waals surface area contributed by atoms with Gasteiger partial charge in [0, 0.05) is 5.69 Å². The van der Waals surface area contributed by atoms with Crippen molar-refractivity contribution in [3.8, 4) is 5.75 Å². The van der Waals surface area contributed by atoms with Gasteiger partial charge >= 0.3 is 0 Å². The van der Waals surface area contributed by atoms with Crippen LogP contribution >= 0.6 is 0 Å². The molecule has 23 heavy (non-hydrogen) atoms. The van der Waals surface area contributed by atoms with Gasteiger partial charge in [-0.15, -0.1) is 0 Å².